The summed E-state index contributed by atoms with van der Waals surface area (Å²) in [6.07, 6.45) is 1.80. The van der Waals surface area contributed by atoms with Gasteiger partial charge in [0.2, 0.25) is 0 Å². The van der Waals surface area contributed by atoms with Gasteiger partial charge < -0.3 is 9.55 Å². The molecule has 0 aliphatic heterocycles. The van der Waals surface area contributed by atoms with Gasteiger partial charge in [-0.25, -0.2) is 4.98 Å². The molecule has 86 valence electrons. The molecule has 0 atom stereocenters. The summed E-state index contributed by atoms with van der Waals surface area (Å²) in [7, 11) is 0. The van der Waals surface area contributed by atoms with Crippen molar-refractivity contribution in [3.8, 4) is 0 Å². The minimum atomic E-state index is 0.670. The molecule has 3 aromatic rings. The van der Waals surface area contributed by atoms with Crippen molar-refractivity contribution >= 4 is 46.2 Å². The van der Waals surface area contributed by atoms with Crippen LogP contribution in [0.2, 0.25) is 5.02 Å². The molecule has 1 aromatic carbocycles. The highest BCUT2D eigenvalue weighted by atomic mass is 35.5. The number of hydrogen-bond donors (Lipinski definition) is 1. The number of aromatic amines is 1. The molecule has 2 heterocycles. The van der Waals surface area contributed by atoms with Crippen molar-refractivity contribution in [2.24, 2.45) is 0 Å². The minimum Gasteiger partial charge on any atom is -0.329 e. The maximum Gasteiger partial charge on any atom is 0.178 e. The molecule has 0 unspecified atom stereocenters. The van der Waals surface area contributed by atoms with E-state index >= 15 is 0 Å². The van der Waals surface area contributed by atoms with Gasteiger partial charge in [0, 0.05) is 11.6 Å². The average Bonchev–Trinajstić information content (AvgIpc) is 2.91. The number of halogens is 1. The molecular formula is C11H8ClN3S2. The van der Waals surface area contributed by atoms with Crippen LogP contribution in [0.25, 0.3) is 11.0 Å². The third-order valence-electron chi connectivity index (χ3n) is 2.54. The van der Waals surface area contributed by atoms with Gasteiger partial charge in [-0.15, -0.1) is 11.3 Å². The number of benzene rings is 1. The molecule has 0 bridgehead atoms. The van der Waals surface area contributed by atoms with Gasteiger partial charge in [-0.2, -0.15) is 0 Å². The molecule has 0 spiro atoms. The highest BCUT2D eigenvalue weighted by Gasteiger charge is 2.08. The van der Waals surface area contributed by atoms with Crippen LogP contribution in [0.5, 0.6) is 0 Å². The summed E-state index contributed by atoms with van der Waals surface area (Å²) < 4.78 is 2.68. The zero-order valence-electron chi connectivity index (χ0n) is 8.68. The molecule has 0 radical (unpaired) electrons. The second kappa shape index (κ2) is 4.25. The summed E-state index contributed by atoms with van der Waals surface area (Å²) in [5, 5.41) is 3.68. The van der Waals surface area contributed by atoms with Crippen molar-refractivity contribution in [2.75, 3.05) is 0 Å². The number of aromatic nitrogens is 3. The van der Waals surface area contributed by atoms with Crippen LogP contribution in [-0.4, -0.2) is 14.5 Å². The van der Waals surface area contributed by atoms with Crippen LogP contribution in [0, 0.1) is 4.77 Å². The largest absolute Gasteiger partial charge is 0.329 e. The summed E-state index contributed by atoms with van der Waals surface area (Å²) >= 11 is 13.0. The van der Waals surface area contributed by atoms with Gasteiger partial charge in [-0.3, -0.25) is 0 Å². The topological polar surface area (TPSA) is 33.6 Å². The number of imidazole rings is 1. The Labute approximate surface area is 112 Å². The van der Waals surface area contributed by atoms with E-state index in [0.29, 0.717) is 16.3 Å². The second-order valence-corrected chi connectivity index (χ2v) is 5.35. The van der Waals surface area contributed by atoms with Crippen molar-refractivity contribution in [1.82, 2.24) is 14.5 Å². The molecule has 0 saturated carbocycles. The molecular weight excluding hydrogens is 274 g/mol. The van der Waals surface area contributed by atoms with E-state index in [-0.39, 0.29) is 0 Å². The van der Waals surface area contributed by atoms with Crippen LogP contribution >= 0.6 is 35.2 Å². The highest BCUT2D eigenvalue weighted by Crippen LogP contribution is 2.23. The molecule has 2 aromatic heterocycles. The molecule has 0 amide bonds. The molecule has 0 saturated heterocycles. The second-order valence-electron chi connectivity index (χ2n) is 3.58. The average molecular weight is 282 g/mol. The summed E-state index contributed by atoms with van der Waals surface area (Å²) in [5.74, 6) is 0. The number of fused-ring (bicyclic) bond motifs is 1. The monoisotopic (exact) mass is 281 g/mol. The number of para-hydroxylation sites is 1. The van der Waals surface area contributed by atoms with E-state index in [2.05, 4.69) is 9.97 Å². The molecule has 3 nitrogen and oxygen atoms in total. The minimum absolute atomic E-state index is 0.670. The Morgan fingerprint density at radius 3 is 3.12 bits per heavy atom. The normalized spacial score (nSPS) is 11.1. The smallest absolute Gasteiger partial charge is 0.178 e. The van der Waals surface area contributed by atoms with E-state index in [0.717, 1.165) is 16.0 Å². The molecule has 3 rings (SSSR count). The van der Waals surface area contributed by atoms with Crippen LogP contribution in [-0.2, 0) is 6.54 Å². The van der Waals surface area contributed by atoms with Gasteiger partial charge in [0.15, 0.2) is 4.77 Å². The first kappa shape index (κ1) is 11.0. The fraction of sp³-hybridized carbons (Fsp3) is 0.0909. The first-order chi connectivity index (χ1) is 8.25. The summed E-state index contributed by atoms with van der Waals surface area (Å²) in [6, 6.07) is 5.77. The molecule has 17 heavy (non-hydrogen) atoms. The van der Waals surface area contributed by atoms with Crippen molar-refractivity contribution in [3.05, 3.63) is 44.6 Å². The summed E-state index contributed by atoms with van der Waals surface area (Å²) in [6.45, 7) is 0.677. The van der Waals surface area contributed by atoms with Gasteiger partial charge in [0.05, 0.1) is 22.6 Å². The summed E-state index contributed by atoms with van der Waals surface area (Å²) in [4.78, 5) is 7.40. The standard InChI is InChI=1S/C11H8ClN3S2/c12-7-2-1-3-8-10(7)14-11(16)15(8)6-9-13-4-5-17-9/h1-5H,6H2,(H,14,16). The highest BCUT2D eigenvalue weighted by molar-refractivity contribution is 7.71. The van der Waals surface area contributed by atoms with Gasteiger partial charge in [0.25, 0.3) is 0 Å². The zero-order valence-corrected chi connectivity index (χ0v) is 11.1. The predicted octanol–water partition coefficient (Wildman–Crippen LogP) is 3.86. The number of nitrogens with one attached hydrogen (secondary N) is 1. The molecule has 0 aliphatic carbocycles. The Kier molecular flexibility index (Phi) is 2.74. The number of nitrogens with zero attached hydrogens (tertiary/aromatic N) is 2. The van der Waals surface area contributed by atoms with Crippen LogP contribution in [0.1, 0.15) is 5.01 Å². The molecule has 6 heteroatoms. The lowest BCUT2D eigenvalue weighted by atomic mass is 10.3. The van der Waals surface area contributed by atoms with Crippen LogP contribution in [0.15, 0.2) is 29.8 Å². The van der Waals surface area contributed by atoms with E-state index in [1.165, 1.54) is 0 Å². The Morgan fingerprint density at radius 2 is 2.35 bits per heavy atom. The number of hydrogen-bond acceptors (Lipinski definition) is 3. The predicted molar refractivity (Wildman–Crippen MR) is 73.3 cm³/mol. The fourth-order valence-corrected chi connectivity index (χ4v) is 2.85. The van der Waals surface area contributed by atoms with E-state index in [4.69, 9.17) is 23.8 Å². The molecule has 0 aliphatic rings. The Bertz CT molecular complexity index is 712. The third kappa shape index (κ3) is 1.90. The fourth-order valence-electron chi connectivity index (χ4n) is 1.77. The maximum absolute atomic E-state index is 6.12. The van der Waals surface area contributed by atoms with Crippen LogP contribution in [0.3, 0.4) is 0 Å². The van der Waals surface area contributed by atoms with Gasteiger partial charge in [-0.1, -0.05) is 17.7 Å². The first-order valence-electron chi connectivity index (χ1n) is 5.01. The number of rotatable bonds is 2. The van der Waals surface area contributed by atoms with Gasteiger partial charge in [0.1, 0.15) is 5.01 Å². The van der Waals surface area contributed by atoms with E-state index in [9.17, 15) is 0 Å². The lowest BCUT2D eigenvalue weighted by Gasteiger charge is -2.01. The van der Waals surface area contributed by atoms with Crippen molar-refractivity contribution in [2.45, 2.75) is 6.54 Å². The van der Waals surface area contributed by atoms with E-state index in [1.807, 2.05) is 28.1 Å². The first-order valence-corrected chi connectivity index (χ1v) is 6.67. The Hall–Kier alpha value is -1.17. The zero-order chi connectivity index (χ0) is 11.8. The third-order valence-corrected chi connectivity index (χ3v) is 3.94. The van der Waals surface area contributed by atoms with E-state index < -0.39 is 0 Å². The number of H-pyrrole nitrogens is 1. The molecule has 0 fully saturated rings. The Morgan fingerprint density at radius 1 is 1.47 bits per heavy atom. The SMILES string of the molecule is S=c1[nH]c2c(Cl)cccc2n1Cc1nccs1. The summed E-state index contributed by atoms with van der Waals surface area (Å²) in [5.41, 5.74) is 1.90. The lowest BCUT2D eigenvalue weighted by Crippen LogP contribution is -1.98. The van der Waals surface area contributed by atoms with Crippen molar-refractivity contribution < 1.29 is 0 Å². The Balaban J connectivity index is 2.19. The van der Waals surface area contributed by atoms with Crippen molar-refractivity contribution in [3.63, 3.8) is 0 Å². The molecule has 1 N–H and O–H groups in total. The number of thiazole rings is 1. The van der Waals surface area contributed by atoms with Gasteiger partial charge >= 0.3 is 0 Å². The van der Waals surface area contributed by atoms with Crippen LogP contribution in [0.4, 0.5) is 0 Å². The lowest BCUT2D eigenvalue weighted by molar-refractivity contribution is 0.803. The quantitative estimate of drug-likeness (QED) is 0.724. The van der Waals surface area contributed by atoms with Crippen LogP contribution < -0.4 is 0 Å². The maximum atomic E-state index is 6.12. The van der Waals surface area contributed by atoms with Crippen molar-refractivity contribution in [1.29, 1.82) is 0 Å². The van der Waals surface area contributed by atoms with Gasteiger partial charge in [-0.05, 0) is 24.4 Å². The van der Waals surface area contributed by atoms with E-state index in [1.54, 1.807) is 17.5 Å².